The van der Waals surface area contributed by atoms with Gasteiger partial charge in [0.2, 0.25) is 10.0 Å². The van der Waals surface area contributed by atoms with Crippen LogP contribution in [0.4, 0.5) is 15.8 Å². The Morgan fingerprint density at radius 3 is 2.60 bits per heavy atom. The predicted octanol–water partition coefficient (Wildman–Crippen LogP) is 3.58. The Bertz CT molecular complexity index is 532. The Morgan fingerprint density at radius 1 is 1.30 bits per heavy atom. The second-order valence-electron chi connectivity index (χ2n) is 5.11. The highest BCUT2D eigenvalue weighted by molar-refractivity contribution is 7.92. The third kappa shape index (κ3) is 6.23. The SMILES string of the molecule is CCCCCC(C)Nc1ccc(F)c(NS(C)(=O)=O)c1. The molecule has 20 heavy (non-hydrogen) atoms. The van der Waals surface area contributed by atoms with E-state index in [1.165, 1.54) is 25.0 Å². The lowest BCUT2D eigenvalue weighted by Crippen LogP contribution is -2.16. The summed E-state index contributed by atoms with van der Waals surface area (Å²) in [7, 11) is -3.48. The maximum absolute atomic E-state index is 13.5. The molecule has 2 N–H and O–H groups in total. The van der Waals surface area contributed by atoms with Crippen LogP contribution in [0.2, 0.25) is 0 Å². The van der Waals surface area contributed by atoms with Gasteiger partial charge in [0.05, 0.1) is 11.9 Å². The highest BCUT2D eigenvalue weighted by atomic mass is 32.2. The Hall–Kier alpha value is -1.30. The van der Waals surface area contributed by atoms with Gasteiger partial charge in [0.15, 0.2) is 0 Å². The molecular formula is C14H23FN2O2S. The van der Waals surface area contributed by atoms with Crippen molar-refractivity contribution in [2.24, 2.45) is 0 Å². The molecule has 1 unspecified atom stereocenters. The van der Waals surface area contributed by atoms with Crippen LogP contribution in [0.5, 0.6) is 0 Å². The average Bonchev–Trinajstić information content (AvgIpc) is 2.32. The monoisotopic (exact) mass is 302 g/mol. The van der Waals surface area contributed by atoms with Crippen LogP contribution in [-0.2, 0) is 10.0 Å². The molecule has 1 atom stereocenters. The van der Waals surface area contributed by atoms with Crippen LogP contribution in [-0.4, -0.2) is 20.7 Å². The van der Waals surface area contributed by atoms with Crippen molar-refractivity contribution in [1.82, 2.24) is 0 Å². The smallest absolute Gasteiger partial charge is 0.229 e. The maximum Gasteiger partial charge on any atom is 0.229 e. The number of sulfonamides is 1. The third-order valence-corrected chi connectivity index (χ3v) is 3.51. The Labute approximate surface area is 120 Å². The van der Waals surface area contributed by atoms with Crippen LogP contribution in [0.15, 0.2) is 18.2 Å². The van der Waals surface area contributed by atoms with Gasteiger partial charge in [0.1, 0.15) is 5.82 Å². The van der Waals surface area contributed by atoms with Gasteiger partial charge in [-0.1, -0.05) is 26.2 Å². The predicted molar refractivity (Wildman–Crippen MR) is 82.1 cm³/mol. The van der Waals surface area contributed by atoms with Crippen molar-refractivity contribution in [3.05, 3.63) is 24.0 Å². The van der Waals surface area contributed by atoms with Crippen molar-refractivity contribution < 1.29 is 12.8 Å². The largest absolute Gasteiger partial charge is 0.383 e. The highest BCUT2D eigenvalue weighted by Crippen LogP contribution is 2.21. The van der Waals surface area contributed by atoms with Crippen LogP contribution in [0.1, 0.15) is 39.5 Å². The molecule has 4 nitrogen and oxygen atoms in total. The molecule has 0 bridgehead atoms. The standard InChI is InChI=1S/C14H23FN2O2S/c1-4-5-6-7-11(2)16-12-8-9-13(15)14(10-12)17-20(3,18)19/h8-11,16-17H,4-7H2,1-3H3. The zero-order valence-electron chi connectivity index (χ0n) is 12.2. The first-order valence-corrected chi connectivity index (χ1v) is 8.75. The van der Waals surface area contributed by atoms with E-state index in [1.54, 1.807) is 6.07 Å². The van der Waals surface area contributed by atoms with Gasteiger partial charge in [0, 0.05) is 11.7 Å². The van der Waals surface area contributed by atoms with E-state index in [2.05, 4.69) is 23.9 Å². The average molecular weight is 302 g/mol. The number of unbranched alkanes of at least 4 members (excludes halogenated alkanes) is 2. The number of anilines is 2. The number of nitrogens with one attached hydrogen (secondary N) is 2. The molecule has 1 aromatic carbocycles. The van der Waals surface area contributed by atoms with E-state index in [0.29, 0.717) is 5.69 Å². The second kappa shape index (κ2) is 7.47. The fourth-order valence-electron chi connectivity index (χ4n) is 1.95. The quantitative estimate of drug-likeness (QED) is 0.722. The molecule has 1 rings (SSSR count). The molecule has 0 aromatic heterocycles. The van der Waals surface area contributed by atoms with Crippen molar-refractivity contribution in [3.63, 3.8) is 0 Å². The number of hydrogen-bond donors (Lipinski definition) is 2. The van der Waals surface area contributed by atoms with Crippen molar-refractivity contribution >= 4 is 21.4 Å². The summed E-state index contributed by atoms with van der Waals surface area (Å²) in [5, 5.41) is 3.25. The van der Waals surface area contributed by atoms with Gasteiger partial charge < -0.3 is 5.32 Å². The molecule has 0 aliphatic heterocycles. The summed E-state index contributed by atoms with van der Waals surface area (Å²) in [5.41, 5.74) is 0.680. The first-order chi connectivity index (χ1) is 9.31. The van der Waals surface area contributed by atoms with Crippen molar-refractivity contribution in [2.45, 2.75) is 45.6 Å². The zero-order chi connectivity index (χ0) is 15.2. The highest BCUT2D eigenvalue weighted by Gasteiger charge is 2.09. The summed E-state index contributed by atoms with van der Waals surface area (Å²) in [6.07, 6.45) is 5.53. The number of halogens is 1. The molecule has 0 saturated carbocycles. The number of benzene rings is 1. The molecule has 1 aromatic rings. The van der Waals surface area contributed by atoms with E-state index in [4.69, 9.17) is 0 Å². The molecule has 0 fully saturated rings. The molecule has 0 spiro atoms. The molecule has 0 radical (unpaired) electrons. The lowest BCUT2D eigenvalue weighted by atomic mass is 10.1. The van der Waals surface area contributed by atoms with Gasteiger partial charge in [-0.2, -0.15) is 0 Å². The van der Waals surface area contributed by atoms with Gasteiger partial charge in [-0.25, -0.2) is 12.8 Å². The fourth-order valence-corrected chi connectivity index (χ4v) is 2.51. The zero-order valence-corrected chi connectivity index (χ0v) is 13.1. The minimum Gasteiger partial charge on any atom is -0.383 e. The van der Waals surface area contributed by atoms with Gasteiger partial charge in [0.25, 0.3) is 0 Å². The van der Waals surface area contributed by atoms with Gasteiger partial charge in [-0.05, 0) is 31.5 Å². The summed E-state index contributed by atoms with van der Waals surface area (Å²) < 4.78 is 38.0. The van der Waals surface area contributed by atoms with E-state index in [1.807, 2.05) is 0 Å². The number of hydrogen-bond acceptors (Lipinski definition) is 3. The minimum atomic E-state index is -3.48. The molecule has 0 saturated heterocycles. The van der Waals surface area contributed by atoms with E-state index in [9.17, 15) is 12.8 Å². The van der Waals surface area contributed by atoms with Crippen molar-refractivity contribution in [3.8, 4) is 0 Å². The molecule has 0 amide bonds. The first-order valence-electron chi connectivity index (χ1n) is 6.85. The van der Waals surface area contributed by atoms with E-state index < -0.39 is 15.8 Å². The summed E-state index contributed by atoms with van der Waals surface area (Å²) >= 11 is 0. The molecule has 0 aliphatic carbocycles. The normalized spacial score (nSPS) is 13.0. The minimum absolute atomic E-state index is 0.0294. The topological polar surface area (TPSA) is 58.2 Å². The summed E-state index contributed by atoms with van der Waals surface area (Å²) in [5.74, 6) is -0.584. The maximum atomic E-state index is 13.5. The van der Waals surface area contributed by atoms with Crippen molar-refractivity contribution in [2.75, 3.05) is 16.3 Å². The Balaban J connectivity index is 2.69. The molecule has 0 aliphatic rings. The van der Waals surface area contributed by atoms with E-state index >= 15 is 0 Å². The van der Waals surface area contributed by atoms with Crippen LogP contribution in [0, 0.1) is 5.82 Å². The Kier molecular flexibility index (Phi) is 6.26. The van der Waals surface area contributed by atoms with E-state index in [-0.39, 0.29) is 11.7 Å². The summed E-state index contributed by atoms with van der Waals surface area (Å²) in [6.45, 7) is 4.21. The van der Waals surface area contributed by atoms with Gasteiger partial charge >= 0.3 is 0 Å². The molecule has 0 heterocycles. The molecule has 114 valence electrons. The second-order valence-corrected chi connectivity index (χ2v) is 6.86. The summed E-state index contributed by atoms with van der Waals surface area (Å²) in [6, 6.07) is 4.61. The van der Waals surface area contributed by atoms with Crippen LogP contribution in [0.3, 0.4) is 0 Å². The fraction of sp³-hybridized carbons (Fsp3) is 0.571. The van der Waals surface area contributed by atoms with E-state index in [0.717, 1.165) is 19.1 Å². The van der Waals surface area contributed by atoms with Gasteiger partial charge in [-0.15, -0.1) is 0 Å². The number of rotatable bonds is 8. The molecule has 6 heteroatoms. The van der Waals surface area contributed by atoms with Crippen molar-refractivity contribution in [1.29, 1.82) is 0 Å². The van der Waals surface area contributed by atoms with Crippen LogP contribution < -0.4 is 10.0 Å². The third-order valence-electron chi connectivity index (χ3n) is 2.92. The molecular weight excluding hydrogens is 279 g/mol. The van der Waals surface area contributed by atoms with Crippen LogP contribution in [0.25, 0.3) is 0 Å². The Morgan fingerprint density at radius 2 is 2.00 bits per heavy atom. The first kappa shape index (κ1) is 16.8. The summed E-state index contributed by atoms with van der Waals surface area (Å²) in [4.78, 5) is 0. The van der Waals surface area contributed by atoms with Crippen LogP contribution >= 0.6 is 0 Å². The van der Waals surface area contributed by atoms with Gasteiger partial charge in [-0.3, -0.25) is 4.72 Å². The lowest BCUT2D eigenvalue weighted by Gasteiger charge is -2.16. The lowest BCUT2D eigenvalue weighted by molar-refractivity contribution is 0.603.